The van der Waals surface area contributed by atoms with Gasteiger partial charge in [0.1, 0.15) is 11.5 Å². The van der Waals surface area contributed by atoms with Crippen LogP contribution in [0.25, 0.3) is 0 Å². The minimum absolute atomic E-state index is 0.165. The number of furan rings is 1. The van der Waals surface area contributed by atoms with Gasteiger partial charge in [-0.2, -0.15) is 0 Å². The number of amides is 2. The van der Waals surface area contributed by atoms with Gasteiger partial charge in [-0.3, -0.25) is 14.6 Å². The maximum absolute atomic E-state index is 11.7. The molecule has 0 saturated heterocycles. The number of nitrogens with one attached hydrogen (secondary N) is 2. The third-order valence-electron chi connectivity index (χ3n) is 2.69. The summed E-state index contributed by atoms with van der Waals surface area (Å²) in [7, 11) is 0. The maximum atomic E-state index is 11.7. The molecule has 0 aliphatic carbocycles. The molecule has 21 heavy (non-hydrogen) atoms. The number of carbonyl (C=O) groups excluding carboxylic acids is 2. The Morgan fingerprint density at radius 1 is 1.24 bits per heavy atom. The number of aromatic nitrogens is 2. The Morgan fingerprint density at radius 2 is 2.10 bits per heavy atom. The van der Waals surface area contributed by atoms with Gasteiger partial charge in [-0.05, 0) is 19.1 Å². The molecule has 0 aromatic carbocycles. The van der Waals surface area contributed by atoms with Crippen LogP contribution in [0, 0.1) is 6.92 Å². The molecule has 0 fully saturated rings. The largest absolute Gasteiger partial charge is 0.467 e. The predicted molar refractivity (Wildman–Crippen MR) is 74.3 cm³/mol. The Morgan fingerprint density at radius 3 is 2.76 bits per heavy atom. The number of nitrogens with zero attached hydrogens (tertiary/aromatic N) is 2. The monoisotopic (exact) mass is 288 g/mol. The fourth-order valence-corrected chi connectivity index (χ4v) is 1.58. The first-order chi connectivity index (χ1) is 10.1. The second-order valence-corrected chi connectivity index (χ2v) is 4.41. The average Bonchev–Trinajstić information content (AvgIpc) is 2.99. The molecule has 0 radical (unpaired) electrons. The fraction of sp³-hybridized carbons (Fsp3) is 0.286. The molecule has 0 atom stereocenters. The average molecular weight is 288 g/mol. The molecule has 0 spiro atoms. The van der Waals surface area contributed by atoms with Crippen LogP contribution >= 0.6 is 0 Å². The van der Waals surface area contributed by atoms with Gasteiger partial charge >= 0.3 is 0 Å². The lowest BCUT2D eigenvalue weighted by Gasteiger charge is -2.05. The van der Waals surface area contributed by atoms with Crippen LogP contribution in [0.5, 0.6) is 0 Å². The highest BCUT2D eigenvalue weighted by molar-refractivity contribution is 5.92. The molecule has 110 valence electrons. The zero-order chi connectivity index (χ0) is 15.1. The van der Waals surface area contributed by atoms with Crippen LogP contribution in [0.1, 0.15) is 28.4 Å². The van der Waals surface area contributed by atoms with E-state index in [0.717, 1.165) is 5.69 Å². The first-order valence-corrected chi connectivity index (χ1v) is 6.51. The van der Waals surface area contributed by atoms with Crippen LogP contribution in [0.2, 0.25) is 0 Å². The van der Waals surface area contributed by atoms with Crippen molar-refractivity contribution in [2.45, 2.75) is 19.9 Å². The number of aryl methyl sites for hydroxylation is 1. The van der Waals surface area contributed by atoms with Crippen molar-refractivity contribution < 1.29 is 14.0 Å². The lowest BCUT2D eigenvalue weighted by Crippen LogP contribution is -2.30. The zero-order valence-electron chi connectivity index (χ0n) is 11.6. The van der Waals surface area contributed by atoms with E-state index in [1.54, 1.807) is 25.3 Å². The second-order valence-electron chi connectivity index (χ2n) is 4.41. The zero-order valence-corrected chi connectivity index (χ0v) is 11.6. The SMILES string of the molecule is Cc1cnc(C(=O)NCCC(=O)NCc2ccco2)cn1. The third kappa shape index (κ3) is 4.72. The molecular weight excluding hydrogens is 272 g/mol. The van der Waals surface area contributed by atoms with Gasteiger partial charge < -0.3 is 15.1 Å². The smallest absolute Gasteiger partial charge is 0.271 e. The highest BCUT2D eigenvalue weighted by atomic mass is 16.3. The molecule has 2 rings (SSSR count). The molecule has 0 saturated carbocycles. The Balaban J connectivity index is 1.67. The van der Waals surface area contributed by atoms with Crippen molar-refractivity contribution in [3.63, 3.8) is 0 Å². The molecule has 2 aromatic heterocycles. The van der Waals surface area contributed by atoms with Crippen molar-refractivity contribution in [2.24, 2.45) is 0 Å². The van der Waals surface area contributed by atoms with Crippen LogP contribution in [0.3, 0.4) is 0 Å². The normalized spacial score (nSPS) is 10.1. The summed E-state index contributed by atoms with van der Waals surface area (Å²) in [6, 6.07) is 3.53. The third-order valence-corrected chi connectivity index (χ3v) is 2.69. The standard InChI is InChI=1S/C14H16N4O3/c1-10-7-17-12(9-16-10)14(20)15-5-4-13(19)18-8-11-3-2-6-21-11/h2-3,6-7,9H,4-5,8H2,1H3,(H,15,20)(H,18,19). The minimum Gasteiger partial charge on any atom is -0.467 e. The summed E-state index contributed by atoms with van der Waals surface area (Å²) in [4.78, 5) is 31.2. The molecule has 0 aliphatic rings. The summed E-state index contributed by atoms with van der Waals surface area (Å²) in [5, 5.41) is 5.31. The van der Waals surface area contributed by atoms with E-state index in [1.807, 2.05) is 0 Å². The molecule has 0 aliphatic heterocycles. The van der Waals surface area contributed by atoms with Crippen molar-refractivity contribution in [1.82, 2.24) is 20.6 Å². The second kappa shape index (κ2) is 7.18. The molecule has 0 unspecified atom stereocenters. The molecular formula is C14H16N4O3. The van der Waals surface area contributed by atoms with Gasteiger partial charge in [0.15, 0.2) is 0 Å². The molecule has 7 nitrogen and oxygen atoms in total. The molecule has 2 heterocycles. The first-order valence-electron chi connectivity index (χ1n) is 6.51. The van der Waals surface area contributed by atoms with E-state index in [9.17, 15) is 9.59 Å². The van der Waals surface area contributed by atoms with E-state index in [4.69, 9.17) is 4.42 Å². The van der Waals surface area contributed by atoms with Gasteiger partial charge in [0.05, 0.1) is 24.7 Å². The van der Waals surface area contributed by atoms with Crippen LogP contribution in [-0.4, -0.2) is 28.3 Å². The fourth-order valence-electron chi connectivity index (χ4n) is 1.58. The van der Waals surface area contributed by atoms with Crippen LogP contribution in [0.15, 0.2) is 35.2 Å². The van der Waals surface area contributed by atoms with E-state index in [-0.39, 0.29) is 30.5 Å². The van der Waals surface area contributed by atoms with Crippen LogP contribution in [0.4, 0.5) is 0 Å². The summed E-state index contributed by atoms with van der Waals surface area (Å²) < 4.78 is 5.09. The highest BCUT2D eigenvalue weighted by Crippen LogP contribution is 1.98. The van der Waals surface area contributed by atoms with Crippen molar-refractivity contribution in [3.8, 4) is 0 Å². The van der Waals surface area contributed by atoms with E-state index in [0.29, 0.717) is 12.3 Å². The van der Waals surface area contributed by atoms with Crippen LogP contribution < -0.4 is 10.6 Å². The summed E-state index contributed by atoms with van der Waals surface area (Å²) in [5.74, 6) is 0.172. The molecule has 7 heteroatoms. The highest BCUT2D eigenvalue weighted by Gasteiger charge is 2.08. The number of carbonyl (C=O) groups is 2. The number of hydrogen-bond donors (Lipinski definition) is 2. The van der Waals surface area contributed by atoms with Crippen molar-refractivity contribution in [3.05, 3.63) is 47.9 Å². The Hall–Kier alpha value is -2.70. The summed E-state index contributed by atoms with van der Waals surface area (Å²) in [6.07, 6.45) is 4.66. The predicted octanol–water partition coefficient (Wildman–Crippen LogP) is 0.814. The van der Waals surface area contributed by atoms with E-state index >= 15 is 0 Å². The Labute approximate surface area is 121 Å². The van der Waals surface area contributed by atoms with Gasteiger partial charge in [0.25, 0.3) is 5.91 Å². The topological polar surface area (TPSA) is 97.1 Å². The quantitative estimate of drug-likeness (QED) is 0.820. The molecule has 0 bridgehead atoms. The van der Waals surface area contributed by atoms with Gasteiger partial charge in [0, 0.05) is 19.2 Å². The Bertz CT molecular complexity index is 593. The summed E-state index contributed by atoms with van der Waals surface area (Å²) >= 11 is 0. The van der Waals surface area contributed by atoms with Crippen LogP contribution in [-0.2, 0) is 11.3 Å². The lowest BCUT2D eigenvalue weighted by atomic mass is 10.3. The molecule has 2 aromatic rings. The molecule has 2 N–H and O–H groups in total. The summed E-state index contributed by atoms with van der Waals surface area (Å²) in [5.41, 5.74) is 0.973. The molecule has 2 amide bonds. The van der Waals surface area contributed by atoms with Crippen molar-refractivity contribution >= 4 is 11.8 Å². The summed E-state index contributed by atoms with van der Waals surface area (Å²) in [6.45, 7) is 2.36. The van der Waals surface area contributed by atoms with Crippen molar-refractivity contribution in [1.29, 1.82) is 0 Å². The Kier molecular flexibility index (Phi) is 5.03. The maximum Gasteiger partial charge on any atom is 0.271 e. The lowest BCUT2D eigenvalue weighted by molar-refractivity contribution is -0.121. The number of hydrogen-bond acceptors (Lipinski definition) is 5. The minimum atomic E-state index is -0.346. The van der Waals surface area contributed by atoms with E-state index in [1.165, 1.54) is 12.4 Å². The van der Waals surface area contributed by atoms with Gasteiger partial charge in [-0.1, -0.05) is 0 Å². The van der Waals surface area contributed by atoms with Gasteiger partial charge in [0.2, 0.25) is 5.91 Å². The van der Waals surface area contributed by atoms with Gasteiger partial charge in [-0.25, -0.2) is 4.98 Å². The van der Waals surface area contributed by atoms with Crippen molar-refractivity contribution in [2.75, 3.05) is 6.54 Å². The van der Waals surface area contributed by atoms with Gasteiger partial charge in [-0.15, -0.1) is 0 Å². The first kappa shape index (κ1) is 14.7. The van der Waals surface area contributed by atoms with E-state index in [2.05, 4.69) is 20.6 Å². The van der Waals surface area contributed by atoms with E-state index < -0.39 is 0 Å². The number of rotatable bonds is 6.